The average molecular weight is 423 g/mol. The summed E-state index contributed by atoms with van der Waals surface area (Å²) in [4.78, 5) is 31.9. The number of carbonyl (C=O) groups is 2. The first-order valence-corrected chi connectivity index (χ1v) is 9.63. The predicted octanol–water partition coefficient (Wildman–Crippen LogP) is 3.92. The van der Waals surface area contributed by atoms with E-state index in [1.54, 1.807) is 11.8 Å². The highest BCUT2D eigenvalue weighted by molar-refractivity contribution is 6.33. The fourth-order valence-electron chi connectivity index (χ4n) is 2.98. The number of rotatable bonds is 4. The predicted molar refractivity (Wildman–Crippen MR) is 109 cm³/mol. The van der Waals surface area contributed by atoms with Crippen molar-refractivity contribution in [3.05, 3.63) is 52.3 Å². The lowest BCUT2D eigenvalue weighted by atomic mass is 10.2. The summed E-state index contributed by atoms with van der Waals surface area (Å²) >= 11 is 11.8. The molecule has 9 heteroatoms. The number of aromatic nitrogens is 1. The molecule has 1 aliphatic rings. The summed E-state index contributed by atoms with van der Waals surface area (Å²) in [5.74, 6) is -0.111. The van der Waals surface area contributed by atoms with Crippen LogP contribution >= 0.6 is 23.2 Å². The molecule has 1 aromatic heterocycles. The van der Waals surface area contributed by atoms with Gasteiger partial charge in [0.05, 0.1) is 6.61 Å². The number of carbonyl (C=O) groups excluding carboxylic acids is 2. The van der Waals surface area contributed by atoms with E-state index in [0.717, 1.165) is 5.69 Å². The summed E-state index contributed by atoms with van der Waals surface area (Å²) in [5.41, 5.74) is 2.13. The van der Waals surface area contributed by atoms with Crippen molar-refractivity contribution >= 4 is 46.6 Å². The van der Waals surface area contributed by atoms with Crippen molar-refractivity contribution in [3.63, 3.8) is 0 Å². The van der Waals surface area contributed by atoms with Gasteiger partial charge in [0.15, 0.2) is 0 Å². The first-order valence-electron chi connectivity index (χ1n) is 8.87. The van der Waals surface area contributed by atoms with Gasteiger partial charge >= 0.3 is 6.09 Å². The number of halogens is 2. The maximum absolute atomic E-state index is 12.7. The Morgan fingerprint density at radius 2 is 1.68 bits per heavy atom. The zero-order valence-electron chi connectivity index (χ0n) is 15.3. The average Bonchev–Trinajstić information content (AvgIpc) is 2.67. The lowest BCUT2D eigenvalue weighted by Crippen LogP contribution is -2.48. The van der Waals surface area contributed by atoms with Crippen LogP contribution in [0.25, 0.3) is 0 Å². The fourth-order valence-corrected chi connectivity index (χ4v) is 3.44. The van der Waals surface area contributed by atoms with E-state index >= 15 is 0 Å². The summed E-state index contributed by atoms with van der Waals surface area (Å²) in [6.07, 6.45) is -0.473. The number of hydrogen-bond acceptors (Lipinski definition) is 5. The minimum atomic E-state index is -0.473. The number of amides is 2. The lowest BCUT2D eigenvalue weighted by molar-refractivity contribution is 0.0746. The van der Waals surface area contributed by atoms with Crippen LogP contribution in [0.3, 0.4) is 0 Å². The van der Waals surface area contributed by atoms with Crippen LogP contribution in [0.2, 0.25) is 10.3 Å². The quantitative estimate of drug-likeness (QED) is 0.755. The number of hydrogen-bond donors (Lipinski definition) is 1. The second-order valence-corrected chi connectivity index (χ2v) is 6.95. The zero-order valence-corrected chi connectivity index (χ0v) is 16.8. The molecule has 1 saturated heterocycles. The number of benzene rings is 1. The molecular weight excluding hydrogens is 403 g/mol. The summed E-state index contributed by atoms with van der Waals surface area (Å²) in [5, 5.41) is 3.06. The Balaban J connectivity index is 1.57. The number of pyridine rings is 1. The van der Waals surface area contributed by atoms with E-state index in [0.29, 0.717) is 44.0 Å². The Hall–Kier alpha value is -2.51. The number of anilines is 2. The van der Waals surface area contributed by atoms with Crippen molar-refractivity contribution in [1.29, 1.82) is 0 Å². The molecule has 0 atom stereocenters. The van der Waals surface area contributed by atoms with Gasteiger partial charge in [0.25, 0.3) is 5.91 Å². The smallest absolute Gasteiger partial charge is 0.411 e. The molecule has 1 aromatic carbocycles. The van der Waals surface area contributed by atoms with E-state index in [1.807, 2.05) is 24.3 Å². The van der Waals surface area contributed by atoms with Gasteiger partial charge in [0, 0.05) is 43.1 Å². The van der Waals surface area contributed by atoms with E-state index < -0.39 is 6.09 Å². The second-order valence-electron chi connectivity index (χ2n) is 6.17. The summed E-state index contributed by atoms with van der Waals surface area (Å²) in [6.45, 7) is 4.64. The largest absolute Gasteiger partial charge is 0.450 e. The van der Waals surface area contributed by atoms with Crippen LogP contribution in [0.4, 0.5) is 16.2 Å². The first kappa shape index (κ1) is 20.2. The normalized spacial score (nSPS) is 14.0. The molecule has 0 saturated carbocycles. The highest BCUT2D eigenvalue weighted by atomic mass is 35.5. The summed E-state index contributed by atoms with van der Waals surface area (Å²) in [7, 11) is 0. The molecule has 0 unspecified atom stereocenters. The molecule has 3 rings (SSSR count). The van der Waals surface area contributed by atoms with Crippen molar-refractivity contribution < 1.29 is 14.3 Å². The van der Waals surface area contributed by atoms with Crippen molar-refractivity contribution in [2.24, 2.45) is 0 Å². The first-order chi connectivity index (χ1) is 13.5. The SMILES string of the molecule is CCOC(=O)Nc1ccc(N2CCN(C(=O)c3cc(Cl)nc(Cl)c3)CC2)cc1. The van der Waals surface area contributed by atoms with Crippen molar-refractivity contribution in [1.82, 2.24) is 9.88 Å². The Morgan fingerprint density at radius 3 is 2.25 bits per heavy atom. The van der Waals surface area contributed by atoms with Crippen molar-refractivity contribution in [3.8, 4) is 0 Å². The van der Waals surface area contributed by atoms with Gasteiger partial charge < -0.3 is 14.5 Å². The van der Waals surface area contributed by atoms with E-state index in [9.17, 15) is 9.59 Å². The van der Waals surface area contributed by atoms with E-state index in [-0.39, 0.29) is 16.2 Å². The molecule has 0 radical (unpaired) electrons. The Bertz CT molecular complexity index is 833. The molecule has 1 aliphatic heterocycles. The zero-order chi connectivity index (χ0) is 20.1. The van der Waals surface area contributed by atoms with Crippen LogP contribution in [-0.4, -0.2) is 54.7 Å². The van der Waals surface area contributed by atoms with Gasteiger partial charge in [0.2, 0.25) is 0 Å². The molecular formula is C19H20Cl2N4O3. The van der Waals surface area contributed by atoms with Crippen LogP contribution in [0.1, 0.15) is 17.3 Å². The number of nitrogens with zero attached hydrogens (tertiary/aromatic N) is 3. The minimum Gasteiger partial charge on any atom is -0.450 e. The van der Waals surface area contributed by atoms with Crippen LogP contribution in [0, 0.1) is 0 Å². The Kier molecular flexibility index (Phi) is 6.59. The van der Waals surface area contributed by atoms with Gasteiger partial charge in [-0.3, -0.25) is 10.1 Å². The number of nitrogens with one attached hydrogen (secondary N) is 1. The molecule has 1 N–H and O–H groups in total. The van der Waals surface area contributed by atoms with Gasteiger partial charge in [-0.15, -0.1) is 0 Å². The number of piperazine rings is 1. The highest BCUT2D eigenvalue weighted by Gasteiger charge is 2.23. The molecule has 0 bridgehead atoms. The van der Waals surface area contributed by atoms with Gasteiger partial charge in [-0.1, -0.05) is 23.2 Å². The Labute approximate surface area is 173 Å². The molecule has 2 heterocycles. The maximum Gasteiger partial charge on any atom is 0.411 e. The molecule has 0 spiro atoms. The standard InChI is InChI=1S/C19H20Cl2N4O3/c1-2-28-19(27)22-14-3-5-15(6-4-14)24-7-9-25(10-8-24)18(26)13-11-16(20)23-17(21)12-13/h3-6,11-12H,2,7-10H2,1H3,(H,22,27). The third kappa shape index (κ3) is 5.05. The third-order valence-corrected chi connectivity index (χ3v) is 4.72. The summed E-state index contributed by atoms with van der Waals surface area (Å²) in [6, 6.07) is 10.6. The lowest BCUT2D eigenvalue weighted by Gasteiger charge is -2.36. The van der Waals surface area contributed by atoms with Crippen molar-refractivity contribution in [2.75, 3.05) is 43.0 Å². The molecule has 2 aromatic rings. The van der Waals surface area contributed by atoms with Crippen LogP contribution in [0.5, 0.6) is 0 Å². The minimum absolute atomic E-state index is 0.111. The summed E-state index contributed by atoms with van der Waals surface area (Å²) < 4.78 is 4.86. The molecule has 2 amide bonds. The maximum atomic E-state index is 12.7. The molecule has 148 valence electrons. The molecule has 28 heavy (non-hydrogen) atoms. The van der Waals surface area contributed by atoms with Gasteiger partial charge in [-0.2, -0.15) is 0 Å². The van der Waals surface area contributed by atoms with Crippen LogP contribution < -0.4 is 10.2 Å². The molecule has 0 aliphatic carbocycles. The van der Waals surface area contributed by atoms with Gasteiger partial charge in [-0.25, -0.2) is 9.78 Å². The van der Waals surface area contributed by atoms with Crippen molar-refractivity contribution in [2.45, 2.75) is 6.92 Å². The molecule has 7 nitrogen and oxygen atoms in total. The van der Waals surface area contributed by atoms with E-state index in [4.69, 9.17) is 27.9 Å². The highest BCUT2D eigenvalue weighted by Crippen LogP contribution is 2.21. The van der Waals surface area contributed by atoms with E-state index in [1.165, 1.54) is 12.1 Å². The van der Waals surface area contributed by atoms with Crippen LogP contribution in [0.15, 0.2) is 36.4 Å². The monoisotopic (exact) mass is 422 g/mol. The van der Waals surface area contributed by atoms with Crippen LogP contribution in [-0.2, 0) is 4.74 Å². The molecule has 1 fully saturated rings. The number of ether oxygens (including phenoxy) is 1. The third-order valence-electron chi connectivity index (χ3n) is 4.33. The van der Waals surface area contributed by atoms with Gasteiger partial charge in [-0.05, 0) is 43.3 Å². The van der Waals surface area contributed by atoms with E-state index in [2.05, 4.69) is 15.2 Å². The van der Waals surface area contributed by atoms with Gasteiger partial charge in [0.1, 0.15) is 10.3 Å². The Morgan fingerprint density at radius 1 is 1.07 bits per heavy atom. The second kappa shape index (κ2) is 9.12. The topological polar surface area (TPSA) is 74.8 Å². The fraction of sp³-hybridized carbons (Fsp3) is 0.316.